The Morgan fingerprint density at radius 1 is 0.800 bits per heavy atom. The van der Waals surface area contributed by atoms with Gasteiger partial charge >= 0.3 is 0 Å². The van der Waals surface area contributed by atoms with Crippen molar-refractivity contribution in [3.8, 4) is 11.4 Å². The van der Waals surface area contributed by atoms with Gasteiger partial charge in [0.1, 0.15) is 11.6 Å². The second-order valence-corrected chi connectivity index (χ2v) is 7.07. The summed E-state index contributed by atoms with van der Waals surface area (Å²) in [7, 11) is 4.05. The predicted molar refractivity (Wildman–Crippen MR) is 123 cm³/mol. The molecule has 0 saturated heterocycles. The highest BCUT2D eigenvalue weighted by atomic mass is 15.1. The Labute approximate surface area is 176 Å². The molecule has 2 heterocycles. The van der Waals surface area contributed by atoms with E-state index in [4.69, 9.17) is 9.97 Å². The Bertz CT molecular complexity index is 1080. The van der Waals surface area contributed by atoms with Crippen molar-refractivity contribution in [1.82, 2.24) is 15.0 Å². The van der Waals surface area contributed by atoms with Gasteiger partial charge in [-0.15, -0.1) is 0 Å². The van der Waals surface area contributed by atoms with E-state index in [1.165, 1.54) is 0 Å². The topological polar surface area (TPSA) is 66.0 Å². The van der Waals surface area contributed by atoms with Gasteiger partial charge in [-0.2, -0.15) is 0 Å². The summed E-state index contributed by atoms with van der Waals surface area (Å²) < 4.78 is 0. The molecule has 0 saturated carbocycles. The summed E-state index contributed by atoms with van der Waals surface area (Å²) >= 11 is 0. The van der Waals surface area contributed by atoms with E-state index in [0.717, 1.165) is 34.3 Å². The molecular formula is C24H24N6. The number of nitrogens with one attached hydrogen (secondary N) is 2. The number of rotatable bonds is 7. The van der Waals surface area contributed by atoms with Crippen molar-refractivity contribution in [3.63, 3.8) is 0 Å². The first-order valence-corrected chi connectivity index (χ1v) is 9.80. The quantitative estimate of drug-likeness (QED) is 0.460. The minimum Gasteiger partial charge on any atom is -0.378 e. The lowest BCUT2D eigenvalue weighted by Gasteiger charge is -2.14. The predicted octanol–water partition coefficient (Wildman–Crippen LogP) is 4.96. The fourth-order valence-corrected chi connectivity index (χ4v) is 2.99. The number of aromatic nitrogens is 3. The van der Waals surface area contributed by atoms with Crippen LogP contribution in [0.15, 0.2) is 85.1 Å². The first-order valence-electron chi connectivity index (χ1n) is 9.80. The van der Waals surface area contributed by atoms with Crippen LogP contribution in [0.2, 0.25) is 0 Å². The van der Waals surface area contributed by atoms with Crippen molar-refractivity contribution in [2.75, 3.05) is 29.6 Å². The largest absolute Gasteiger partial charge is 0.378 e. The van der Waals surface area contributed by atoms with Gasteiger partial charge in [-0.1, -0.05) is 36.4 Å². The van der Waals surface area contributed by atoms with Crippen LogP contribution in [0.4, 0.5) is 23.0 Å². The summed E-state index contributed by atoms with van der Waals surface area (Å²) in [5.74, 6) is 2.13. The van der Waals surface area contributed by atoms with E-state index < -0.39 is 0 Å². The van der Waals surface area contributed by atoms with E-state index in [9.17, 15) is 0 Å². The Morgan fingerprint density at radius 3 is 2.23 bits per heavy atom. The lowest BCUT2D eigenvalue weighted by Crippen LogP contribution is -2.08. The van der Waals surface area contributed by atoms with Gasteiger partial charge in [-0.05, 0) is 36.4 Å². The molecule has 2 aromatic carbocycles. The van der Waals surface area contributed by atoms with Crippen LogP contribution in [0.1, 0.15) is 5.69 Å². The molecule has 6 heteroatoms. The molecule has 2 N–H and O–H groups in total. The lowest BCUT2D eigenvalue weighted by atomic mass is 10.2. The number of hydrogen-bond acceptors (Lipinski definition) is 6. The van der Waals surface area contributed by atoms with Gasteiger partial charge in [0.2, 0.25) is 0 Å². The maximum Gasteiger partial charge on any atom is 0.163 e. The first-order chi connectivity index (χ1) is 14.7. The minimum absolute atomic E-state index is 0.586. The molecule has 0 atom stereocenters. The highest BCUT2D eigenvalue weighted by Gasteiger charge is 2.08. The number of benzene rings is 2. The van der Waals surface area contributed by atoms with Crippen LogP contribution < -0.4 is 15.5 Å². The monoisotopic (exact) mass is 396 g/mol. The van der Waals surface area contributed by atoms with Crippen molar-refractivity contribution >= 4 is 23.0 Å². The van der Waals surface area contributed by atoms with Crippen molar-refractivity contribution in [3.05, 3.63) is 90.8 Å². The fourth-order valence-electron chi connectivity index (χ4n) is 2.99. The minimum atomic E-state index is 0.586. The summed E-state index contributed by atoms with van der Waals surface area (Å²) in [6.45, 7) is 0.586. The second kappa shape index (κ2) is 9.05. The fraction of sp³-hybridized carbons (Fsp3) is 0.125. The molecule has 0 spiro atoms. The Balaban J connectivity index is 1.61. The summed E-state index contributed by atoms with van der Waals surface area (Å²) in [5.41, 5.74) is 4.02. The molecular weight excluding hydrogens is 372 g/mol. The highest BCUT2D eigenvalue weighted by molar-refractivity contribution is 5.66. The van der Waals surface area contributed by atoms with Gasteiger partial charge in [0.25, 0.3) is 0 Å². The average molecular weight is 396 g/mol. The van der Waals surface area contributed by atoms with Crippen molar-refractivity contribution in [2.45, 2.75) is 6.54 Å². The molecule has 0 radical (unpaired) electrons. The molecule has 4 aromatic rings. The molecule has 150 valence electrons. The number of pyridine rings is 1. The van der Waals surface area contributed by atoms with E-state index in [1.807, 2.05) is 80.8 Å². The van der Waals surface area contributed by atoms with Gasteiger partial charge in [-0.25, -0.2) is 9.97 Å². The van der Waals surface area contributed by atoms with Gasteiger partial charge in [0.05, 0.1) is 12.2 Å². The third kappa shape index (κ3) is 4.91. The molecule has 0 bridgehead atoms. The third-order valence-corrected chi connectivity index (χ3v) is 4.59. The molecule has 2 aromatic heterocycles. The molecule has 4 rings (SSSR count). The van der Waals surface area contributed by atoms with Gasteiger partial charge < -0.3 is 15.5 Å². The third-order valence-electron chi connectivity index (χ3n) is 4.59. The molecule has 0 aliphatic carbocycles. The lowest BCUT2D eigenvalue weighted by molar-refractivity contribution is 1.02. The van der Waals surface area contributed by atoms with Gasteiger partial charge in [0.15, 0.2) is 5.82 Å². The molecule has 6 nitrogen and oxygen atoms in total. The van der Waals surface area contributed by atoms with Gasteiger partial charge in [0, 0.05) is 43.3 Å². The standard InChI is InChI=1S/C24H24N6/c1-30(2)21-13-11-19(12-14-21)27-23-16-22(26-17-20-10-6-7-15-25-20)28-24(29-23)18-8-4-3-5-9-18/h3-16H,17H2,1-2H3,(H2,26,27,28,29). The number of nitrogens with zero attached hydrogens (tertiary/aromatic N) is 4. The highest BCUT2D eigenvalue weighted by Crippen LogP contribution is 2.24. The van der Waals surface area contributed by atoms with Crippen LogP contribution in [0, 0.1) is 0 Å². The summed E-state index contributed by atoms with van der Waals surface area (Å²) in [4.78, 5) is 15.9. The molecule has 0 amide bonds. The van der Waals surface area contributed by atoms with Crippen LogP contribution in [0.5, 0.6) is 0 Å². The van der Waals surface area contributed by atoms with Crippen LogP contribution in [0.25, 0.3) is 11.4 Å². The van der Waals surface area contributed by atoms with Gasteiger partial charge in [-0.3, -0.25) is 4.98 Å². The van der Waals surface area contributed by atoms with Crippen molar-refractivity contribution in [2.24, 2.45) is 0 Å². The maximum atomic E-state index is 4.72. The maximum absolute atomic E-state index is 4.72. The van der Waals surface area contributed by atoms with Crippen molar-refractivity contribution in [1.29, 1.82) is 0 Å². The van der Waals surface area contributed by atoms with Crippen LogP contribution in [-0.2, 0) is 6.54 Å². The van der Waals surface area contributed by atoms with E-state index >= 15 is 0 Å². The Morgan fingerprint density at radius 2 is 1.53 bits per heavy atom. The zero-order chi connectivity index (χ0) is 20.8. The van der Waals surface area contributed by atoms with E-state index in [0.29, 0.717) is 12.4 Å². The van der Waals surface area contributed by atoms with E-state index in [2.05, 4.69) is 32.7 Å². The van der Waals surface area contributed by atoms with Crippen molar-refractivity contribution < 1.29 is 0 Å². The normalized spacial score (nSPS) is 10.5. The molecule has 30 heavy (non-hydrogen) atoms. The summed E-state index contributed by atoms with van der Waals surface area (Å²) in [6.07, 6.45) is 1.79. The number of anilines is 4. The average Bonchev–Trinajstić information content (AvgIpc) is 2.79. The van der Waals surface area contributed by atoms with Crippen LogP contribution in [0.3, 0.4) is 0 Å². The SMILES string of the molecule is CN(C)c1ccc(Nc2cc(NCc3ccccn3)nc(-c3ccccc3)n2)cc1. The van der Waals surface area contributed by atoms with E-state index in [-0.39, 0.29) is 0 Å². The molecule has 0 aliphatic rings. The van der Waals surface area contributed by atoms with Crippen LogP contribution in [-0.4, -0.2) is 29.0 Å². The second-order valence-electron chi connectivity index (χ2n) is 7.07. The summed E-state index contributed by atoms with van der Waals surface area (Å²) in [6, 6.07) is 26.0. The Kier molecular flexibility index (Phi) is 5.85. The zero-order valence-corrected chi connectivity index (χ0v) is 17.1. The smallest absolute Gasteiger partial charge is 0.163 e. The van der Waals surface area contributed by atoms with E-state index in [1.54, 1.807) is 6.20 Å². The Hall–Kier alpha value is -3.93. The zero-order valence-electron chi connectivity index (χ0n) is 17.1. The molecule has 0 aliphatic heterocycles. The first kappa shape index (κ1) is 19.4. The summed E-state index contributed by atoms with van der Waals surface area (Å²) in [5, 5.41) is 6.75. The number of hydrogen-bond donors (Lipinski definition) is 2. The molecule has 0 fully saturated rings. The molecule has 0 unspecified atom stereocenters. The van der Waals surface area contributed by atoms with Crippen LogP contribution >= 0.6 is 0 Å².